The lowest BCUT2D eigenvalue weighted by Gasteiger charge is -2.62. The van der Waals surface area contributed by atoms with Gasteiger partial charge in [0.15, 0.2) is 0 Å². The van der Waals surface area contributed by atoms with Crippen molar-refractivity contribution in [3.8, 4) is 0 Å². The van der Waals surface area contributed by atoms with Gasteiger partial charge in [-0.15, -0.1) is 0 Å². The number of fused-ring (bicyclic) bond motifs is 2. The average Bonchev–Trinajstić information content (AvgIpc) is 1.84. The molecule has 0 aromatic carbocycles. The lowest BCUT2D eigenvalue weighted by molar-refractivity contribution is -0.192. The van der Waals surface area contributed by atoms with Crippen molar-refractivity contribution < 1.29 is 5.11 Å². The molecule has 0 radical (unpaired) electrons. The standard InChI is InChI=1S/C10H18O/c1-9(2)7-4-5-10(3,11)8(9)6-7/h7-8,11H,4-6H2,1-3H3/t7-,8-,10-/m0/s1. The largest absolute Gasteiger partial charge is 0.390 e. The molecule has 3 rings (SSSR count). The van der Waals surface area contributed by atoms with Gasteiger partial charge in [-0.25, -0.2) is 0 Å². The number of aliphatic hydroxyl groups is 1. The van der Waals surface area contributed by atoms with Gasteiger partial charge < -0.3 is 5.11 Å². The van der Waals surface area contributed by atoms with Crippen molar-refractivity contribution in [2.24, 2.45) is 17.3 Å². The van der Waals surface area contributed by atoms with E-state index in [1.807, 2.05) is 6.92 Å². The first-order chi connectivity index (χ1) is 4.94. The SMILES string of the molecule is CC1(C)[C@H]2CC[C@](C)(O)[C@H]1C2. The van der Waals surface area contributed by atoms with E-state index in [0.29, 0.717) is 11.3 Å². The molecule has 1 heteroatoms. The predicted molar refractivity (Wildman–Crippen MR) is 45.2 cm³/mol. The van der Waals surface area contributed by atoms with Crippen molar-refractivity contribution in [1.29, 1.82) is 0 Å². The minimum absolute atomic E-state index is 0.363. The Morgan fingerprint density at radius 1 is 1.27 bits per heavy atom. The Balaban J connectivity index is 2.23. The molecule has 3 aliphatic rings. The molecule has 1 N–H and O–H groups in total. The molecule has 11 heavy (non-hydrogen) atoms. The summed E-state index contributed by atoms with van der Waals surface area (Å²) in [5.74, 6) is 1.46. The quantitative estimate of drug-likeness (QED) is 0.567. The summed E-state index contributed by atoms with van der Waals surface area (Å²) in [6.07, 6.45) is 3.52. The van der Waals surface area contributed by atoms with E-state index in [4.69, 9.17) is 0 Å². The number of hydrogen-bond donors (Lipinski definition) is 1. The molecule has 0 unspecified atom stereocenters. The van der Waals surface area contributed by atoms with E-state index in [-0.39, 0.29) is 5.60 Å². The summed E-state index contributed by atoms with van der Waals surface area (Å²) in [4.78, 5) is 0. The van der Waals surface area contributed by atoms with Gasteiger partial charge in [-0.05, 0) is 43.4 Å². The molecule has 0 aliphatic heterocycles. The van der Waals surface area contributed by atoms with Crippen LogP contribution < -0.4 is 0 Å². The van der Waals surface area contributed by atoms with Crippen molar-refractivity contribution >= 4 is 0 Å². The fourth-order valence-electron chi connectivity index (χ4n) is 3.20. The van der Waals surface area contributed by atoms with E-state index in [2.05, 4.69) is 13.8 Å². The first-order valence-corrected chi connectivity index (χ1v) is 4.67. The van der Waals surface area contributed by atoms with Crippen LogP contribution in [0.5, 0.6) is 0 Å². The Morgan fingerprint density at radius 2 is 1.91 bits per heavy atom. The van der Waals surface area contributed by atoms with E-state index < -0.39 is 0 Å². The van der Waals surface area contributed by atoms with E-state index >= 15 is 0 Å². The van der Waals surface area contributed by atoms with Gasteiger partial charge in [0.05, 0.1) is 5.60 Å². The Bertz CT molecular complexity index is 171. The van der Waals surface area contributed by atoms with Crippen molar-refractivity contribution in [2.45, 2.75) is 45.6 Å². The third-order valence-corrected chi connectivity index (χ3v) is 4.22. The molecule has 0 aromatic heterocycles. The third-order valence-electron chi connectivity index (χ3n) is 4.22. The van der Waals surface area contributed by atoms with Crippen LogP contribution in [0.25, 0.3) is 0 Å². The predicted octanol–water partition coefficient (Wildman–Crippen LogP) is 2.19. The highest BCUT2D eigenvalue weighted by Gasteiger charge is 2.58. The maximum Gasteiger partial charge on any atom is 0.0653 e. The fourth-order valence-corrected chi connectivity index (χ4v) is 3.20. The molecule has 1 nitrogen and oxygen atoms in total. The molecule has 2 bridgehead atoms. The van der Waals surface area contributed by atoms with Crippen molar-refractivity contribution in [1.82, 2.24) is 0 Å². The second-order valence-electron chi connectivity index (χ2n) is 5.20. The van der Waals surface area contributed by atoms with Crippen LogP contribution in [0, 0.1) is 17.3 Å². The molecule has 3 atom stereocenters. The maximum absolute atomic E-state index is 10.0. The van der Waals surface area contributed by atoms with Crippen LogP contribution in [0.4, 0.5) is 0 Å². The minimum Gasteiger partial charge on any atom is -0.390 e. The summed E-state index contributed by atoms with van der Waals surface area (Å²) in [7, 11) is 0. The van der Waals surface area contributed by atoms with Crippen LogP contribution in [-0.4, -0.2) is 10.7 Å². The fraction of sp³-hybridized carbons (Fsp3) is 1.00. The molecule has 0 saturated heterocycles. The first kappa shape index (κ1) is 7.60. The molecule has 64 valence electrons. The van der Waals surface area contributed by atoms with Gasteiger partial charge in [0, 0.05) is 0 Å². The normalized spacial score (nSPS) is 53.5. The molecule has 0 aromatic rings. The molecule has 3 saturated carbocycles. The van der Waals surface area contributed by atoms with Crippen LogP contribution in [0.3, 0.4) is 0 Å². The van der Waals surface area contributed by atoms with E-state index in [0.717, 1.165) is 12.3 Å². The van der Waals surface area contributed by atoms with Gasteiger partial charge in [-0.2, -0.15) is 0 Å². The van der Waals surface area contributed by atoms with Crippen LogP contribution in [0.2, 0.25) is 0 Å². The highest BCUT2D eigenvalue weighted by Crippen LogP contribution is 2.62. The maximum atomic E-state index is 10.0. The summed E-state index contributed by atoms with van der Waals surface area (Å²) < 4.78 is 0. The van der Waals surface area contributed by atoms with Gasteiger partial charge in [0.25, 0.3) is 0 Å². The molecular formula is C10H18O. The Morgan fingerprint density at radius 3 is 2.18 bits per heavy atom. The van der Waals surface area contributed by atoms with E-state index in [9.17, 15) is 5.11 Å². The highest BCUT2D eigenvalue weighted by molar-refractivity contribution is 5.08. The van der Waals surface area contributed by atoms with Gasteiger partial charge in [0.1, 0.15) is 0 Å². The van der Waals surface area contributed by atoms with Crippen LogP contribution in [0.15, 0.2) is 0 Å². The zero-order chi connectivity index (χ0) is 8.28. The summed E-state index contributed by atoms with van der Waals surface area (Å²) in [5, 5.41) is 10.0. The Hall–Kier alpha value is -0.0400. The Labute approximate surface area is 68.8 Å². The van der Waals surface area contributed by atoms with Gasteiger partial charge >= 0.3 is 0 Å². The summed E-state index contributed by atoms with van der Waals surface area (Å²) in [6.45, 7) is 6.62. The third kappa shape index (κ3) is 0.807. The summed E-state index contributed by atoms with van der Waals surface area (Å²) in [5.41, 5.74) is 0.0556. The van der Waals surface area contributed by atoms with E-state index in [1.165, 1.54) is 12.8 Å². The van der Waals surface area contributed by atoms with Crippen LogP contribution in [-0.2, 0) is 0 Å². The zero-order valence-electron chi connectivity index (χ0n) is 7.72. The van der Waals surface area contributed by atoms with Crippen molar-refractivity contribution in [2.75, 3.05) is 0 Å². The number of hydrogen-bond acceptors (Lipinski definition) is 1. The van der Waals surface area contributed by atoms with Gasteiger partial charge in [-0.1, -0.05) is 13.8 Å². The molecular weight excluding hydrogens is 136 g/mol. The average molecular weight is 154 g/mol. The summed E-state index contributed by atoms with van der Waals surface area (Å²) in [6, 6.07) is 0. The molecule has 0 spiro atoms. The molecule has 3 aliphatic carbocycles. The molecule has 0 heterocycles. The highest BCUT2D eigenvalue weighted by atomic mass is 16.3. The van der Waals surface area contributed by atoms with E-state index in [1.54, 1.807) is 0 Å². The zero-order valence-corrected chi connectivity index (χ0v) is 7.72. The van der Waals surface area contributed by atoms with Gasteiger partial charge in [0.2, 0.25) is 0 Å². The monoisotopic (exact) mass is 154 g/mol. The van der Waals surface area contributed by atoms with Gasteiger partial charge in [-0.3, -0.25) is 0 Å². The van der Waals surface area contributed by atoms with Crippen molar-refractivity contribution in [3.05, 3.63) is 0 Å². The molecule has 3 fully saturated rings. The molecule has 0 amide bonds. The number of rotatable bonds is 0. The van der Waals surface area contributed by atoms with Crippen molar-refractivity contribution in [3.63, 3.8) is 0 Å². The van der Waals surface area contributed by atoms with Crippen LogP contribution in [0.1, 0.15) is 40.0 Å². The smallest absolute Gasteiger partial charge is 0.0653 e. The lowest BCUT2D eigenvalue weighted by Crippen LogP contribution is -2.60. The second-order valence-corrected chi connectivity index (χ2v) is 5.20. The minimum atomic E-state index is -0.363. The second kappa shape index (κ2) is 1.82. The Kier molecular flexibility index (Phi) is 1.26. The summed E-state index contributed by atoms with van der Waals surface area (Å²) >= 11 is 0. The lowest BCUT2D eigenvalue weighted by atomic mass is 9.44. The topological polar surface area (TPSA) is 20.2 Å². The first-order valence-electron chi connectivity index (χ1n) is 4.67. The van der Waals surface area contributed by atoms with Crippen LogP contribution >= 0.6 is 0 Å².